The summed E-state index contributed by atoms with van der Waals surface area (Å²) in [6, 6.07) is 14.6. The van der Waals surface area contributed by atoms with E-state index in [0.717, 1.165) is 41.1 Å². The Bertz CT molecular complexity index is 2130. The van der Waals surface area contributed by atoms with Gasteiger partial charge in [-0.15, -0.1) is 5.10 Å². The molecular weight excluding hydrogens is 657 g/mol. The van der Waals surface area contributed by atoms with Gasteiger partial charge in [-0.2, -0.15) is 23.3 Å². The predicted octanol–water partition coefficient (Wildman–Crippen LogP) is 7.48. The van der Waals surface area contributed by atoms with Crippen LogP contribution in [0.25, 0.3) is 33.5 Å². The number of aromatic nitrogens is 9. The first kappa shape index (κ1) is 32.3. The van der Waals surface area contributed by atoms with E-state index in [2.05, 4.69) is 35.1 Å². The smallest absolute Gasteiger partial charge is 0.434 e. The molecule has 2 aromatic carbocycles. The molecule has 0 spiro atoms. The molecule has 7 rings (SSSR count). The zero-order valence-corrected chi connectivity index (χ0v) is 27.5. The quantitative estimate of drug-likeness (QED) is 0.143. The number of ether oxygens (including phenoxy) is 1. The molecule has 0 atom stereocenters. The van der Waals surface area contributed by atoms with Crippen molar-refractivity contribution in [2.24, 2.45) is 0 Å². The number of hydrogen-bond acceptors (Lipinski definition) is 10. The molecule has 4 heterocycles. The fourth-order valence-electron chi connectivity index (χ4n) is 5.71. The Morgan fingerprint density at radius 2 is 1.65 bits per heavy atom. The van der Waals surface area contributed by atoms with Gasteiger partial charge in [0, 0.05) is 41.0 Å². The zero-order chi connectivity index (χ0) is 34.3. The fraction of sp³-hybridized carbons (Fsp3) is 0.294. The molecule has 1 saturated carbocycles. The molecular formula is C34H30ClF3N10O. The maximum atomic E-state index is 13.5. The largest absolute Gasteiger partial charge is 0.480 e. The van der Waals surface area contributed by atoms with E-state index in [1.54, 1.807) is 19.2 Å². The molecule has 0 saturated heterocycles. The molecule has 49 heavy (non-hydrogen) atoms. The van der Waals surface area contributed by atoms with Gasteiger partial charge < -0.3 is 14.2 Å². The Morgan fingerprint density at radius 3 is 2.35 bits per heavy atom. The molecule has 1 aliphatic carbocycles. The minimum atomic E-state index is -4.55. The van der Waals surface area contributed by atoms with Crippen LogP contribution in [0.4, 0.5) is 19.1 Å². The van der Waals surface area contributed by atoms with Gasteiger partial charge in [-0.1, -0.05) is 60.1 Å². The lowest BCUT2D eigenvalue weighted by Gasteiger charge is -2.23. The van der Waals surface area contributed by atoms with Gasteiger partial charge in [0.05, 0.1) is 25.0 Å². The van der Waals surface area contributed by atoms with Gasteiger partial charge in [-0.05, 0) is 32.3 Å². The number of rotatable bonds is 10. The summed E-state index contributed by atoms with van der Waals surface area (Å²) in [6.07, 6.45) is 1.42. The predicted molar refractivity (Wildman–Crippen MR) is 177 cm³/mol. The van der Waals surface area contributed by atoms with Crippen LogP contribution in [0.1, 0.15) is 61.3 Å². The molecule has 11 nitrogen and oxygen atoms in total. The molecule has 0 aliphatic heterocycles. The van der Waals surface area contributed by atoms with Crippen LogP contribution in [-0.4, -0.2) is 51.8 Å². The van der Waals surface area contributed by atoms with Gasteiger partial charge in [0.25, 0.3) is 0 Å². The maximum Gasteiger partial charge on any atom is 0.434 e. The number of nitrogens with zero attached hydrogens (tertiary/aromatic N) is 10. The highest BCUT2D eigenvalue weighted by Gasteiger charge is 2.35. The third kappa shape index (κ3) is 6.60. The van der Waals surface area contributed by atoms with Crippen molar-refractivity contribution in [2.45, 2.75) is 57.9 Å². The van der Waals surface area contributed by atoms with Crippen molar-refractivity contribution in [3.05, 3.63) is 95.2 Å². The van der Waals surface area contributed by atoms with E-state index in [-0.39, 0.29) is 24.3 Å². The van der Waals surface area contributed by atoms with Crippen LogP contribution in [0.15, 0.2) is 67.4 Å². The molecule has 0 N–H and O–H groups in total. The van der Waals surface area contributed by atoms with Crippen molar-refractivity contribution in [1.29, 1.82) is 0 Å². The van der Waals surface area contributed by atoms with Crippen molar-refractivity contribution < 1.29 is 17.9 Å². The Balaban J connectivity index is 1.28. The van der Waals surface area contributed by atoms with Gasteiger partial charge >= 0.3 is 6.18 Å². The fourth-order valence-corrected chi connectivity index (χ4v) is 5.92. The van der Waals surface area contributed by atoms with E-state index >= 15 is 0 Å². The van der Waals surface area contributed by atoms with E-state index in [0.29, 0.717) is 46.2 Å². The number of alkyl halides is 3. The summed E-state index contributed by atoms with van der Waals surface area (Å²) in [5, 5.41) is 10.5. The lowest BCUT2D eigenvalue weighted by molar-refractivity contribution is -0.140. The molecule has 1 aliphatic rings. The summed E-state index contributed by atoms with van der Waals surface area (Å²) < 4.78 is 47.7. The molecule has 15 heteroatoms. The molecule has 0 radical (unpaired) electrons. The number of halogens is 4. The van der Waals surface area contributed by atoms with Crippen molar-refractivity contribution in [2.75, 3.05) is 12.0 Å². The minimum Gasteiger partial charge on any atom is -0.480 e. The van der Waals surface area contributed by atoms with Crippen LogP contribution in [-0.2, 0) is 19.3 Å². The number of methoxy groups -OCH3 is 1. The number of anilines is 1. The Kier molecular flexibility index (Phi) is 8.57. The van der Waals surface area contributed by atoms with Gasteiger partial charge in [0.1, 0.15) is 24.0 Å². The molecule has 4 aromatic heterocycles. The topological polar surface area (TPSA) is 121 Å². The van der Waals surface area contributed by atoms with Crippen LogP contribution in [0, 0.1) is 0 Å². The van der Waals surface area contributed by atoms with Crippen LogP contribution in [0.5, 0.6) is 5.88 Å². The summed E-state index contributed by atoms with van der Waals surface area (Å²) in [7, 11) is 1.54. The van der Waals surface area contributed by atoms with E-state index in [4.69, 9.17) is 21.3 Å². The standard InChI is InChI=1S/C34H30ClF3N10O/c1-19(2)48-16-26(34(36,37)38)43-31(48)22-10-8-20(9-11-22)14-47(15-25-23-6-4-5-7-24(23)29(35)46-45-25)33-42-18-40-30(44-33)27-28(21-12-13-21)39-17-41-32(27)49-3/h4-11,16-19,21H,12-15H2,1-3H3. The van der Waals surface area contributed by atoms with Crippen LogP contribution < -0.4 is 9.64 Å². The SMILES string of the molecule is COc1ncnc(C2CC2)c1-c1ncnc(N(Cc2ccc(-c3nc(C(F)(F)F)cn3C(C)C)cc2)Cc2nnc(Cl)c3ccccc23)n1. The average Bonchev–Trinajstić information content (AvgIpc) is 3.85. The molecule has 6 aromatic rings. The second-order valence-electron chi connectivity index (χ2n) is 12.0. The lowest BCUT2D eigenvalue weighted by Crippen LogP contribution is -2.25. The normalized spacial score (nSPS) is 13.3. The summed E-state index contributed by atoms with van der Waals surface area (Å²) in [4.78, 5) is 28.6. The second-order valence-corrected chi connectivity index (χ2v) is 12.4. The van der Waals surface area contributed by atoms with E-state index in [1.807, 2.05) is 55.1 Å². The monoisotopic (exact) mass is 686 g/mol. The summed E-state index contributed by atoms with van der Waals surface area (Å²) in [6.45, 7) is 4.19. The summed E-state index contributed by atoms with van der Waals surface area (Å²) in [5.74, 6) is 1.61. The molecule has 250 valence electrons. The lowest BCUT2D eigenvalue weighted by atomic mass is 10.1. The third-order valence-electron chi connectivity index (χ3n) is 8.29. The highest BCUT2D eigenvalue weighted by molar-refractivity contribution is 6.34. The van der Waals surface area contributed by atoms with Gasteiger partial charge in [-0.25, -0.2) is 24.9 Å². The van der Waals surface area contributed by atoms with Crippen molar-refractivity contribution in [1.82, 2.24) is 44.7 Å². The molecule has 0 unspecified atom stereocenters. The van der Waals surface area contributed by atoms with Gasteiger partial charge in [0.15, 0.2) is 16.7 Å². The first-order valence-electron chi connectivity index (χ1n) is 15.6. The van der Waals surface area contributed by atoms with Crippen molar-refractivity contribution in [3.63, 3.8) is 0 Å². The van der Waals surface area contributed by atoms with Crippen molar-refractivity contribution >= 4 is 28.3 Å². The second kappa shape index (κ2) is 13.0. The first-order chi connectivity index (χ1) is 23.6. The van der Waals surface area contributed by atoms with E-state index < -0.39 is 11.9 Å². The maximum absolute atomic E-state index is 13.5. The van der Waals surface area contributed by atoms with Crippen LogP contribution in [0.2, 0.25) is 5.15 Å². The Labute approximate surface area is 284 Å². The highest BCUT2D eigenvalue weighted by atomic mass is 35.5. The minimum absolute atomic E-state index is 0.226. The number of fused-ring (bicyclic) bond motifs is 1. The van der Waals surface area contributed by atoms with Crippen LogP contribution >= 0.6 is 11.6 Å². The highest BCUT2D eigenvalue weighted by Crippen LogP contribution is 2.45. The summed E-state index contributed by atoms with van der Waals surface area (Å²) in [5.41, 5.74) is 2.57. The van der Waals surface area contributed by atoms with Gasteiger partial charge in [0.2, 0.25) is 11.8 Å². The zero-order valence-electron chi connectivity index (χ0n) is 26.7. The average molecular weight is 687 g/mol. The van der Waals surface area contributed by atoms with Crippen molar-refractivity contribution in [3.8, 4) is 28.7 Å². The van der Waals surface area contributed by atoms with E-state index in [9.17, 15) is 13.2 Å². The number of hydrogen-bond donors (Lipinski definition) is 0. The molecule has 0 bridgehead atoms. The Morgan fingerprint density at radius 1 is 0.918 bits per heavy atom. The molecule has 1 fully saturated rings. The summed E-state index contributed by atoms with van der Waals surface area (Å²) >= 11 is 6.38. The first-order valence-corrected chi connectivity index (χ1v) is 16.0. The molecule has 0 amide bonds. The number of benzene rings is 2. The third-order valence-corrected chi connectivity index (χ3v) is 8.57. The van der Waals surface area contributed by atoms with Crippen LogP contribution in [0.3, 0.4) is 0 Å². The number of imidazole rings is 1. The van der Waals surface area contributed by atoms with E-state index in [1.165, 1.54) is 17.2 Å². The Hall–Kier alpha value is -5.24. The van der Waals surface area contributed by atoms with Gasteiger partial charge in [-0.3, -0.25) is 0 Å².